The summed E-state index contributed by atoms with van der Waals surface area (Å²) in [5.74, 6) is -0.325. The summed E-state index contributed by atoms with van der Waals surface area (Å²) in [6, 6.07) is 17.1. The summed E-state index contributed by atoms with van der Waals surface area (Å²) in [6.45, 7) is 2.43. The van der Waals surface area contributed by atoms with E-state index in [1.54, 1.807) is 18.3 Å². The predicted molar refractivity (Wildman–Crippen MR) is 118 cm³/mol. The molecule has 7 heteroatoms. The van der Waals surface area contributed by atoms with E-state index in [1.807, 2.05) is 42.5 Å². The molecule has 1 amide bonds. The largest absolute Gasteiger partial charge is 0.465 e. The van der Waals surface area contributed by atoms with Crippen LogP contribution in [0.1, 0.15) is 28.8 Å². The zero-order valence-electron chi connectivity index (χ0n) is 17.5. The first kappa shape index (κ1) is 20.8. The van der Waals surface area contributed by atoms with Gasteiger partial charge in [0.05, 0.1) is 24.3 Å². The van der Waals surface area contributed by atoms with Crippen LogP contribution in [0.25, 0.3) is 11.3 Å². The number of ether oxygens (including phenoxy) is 1. The van der Waals surface area contributed by atoms with Crippen molar-refractivity contribution < 1.29 is 14.3 Å². The van der Waals surface area contributed by atoms with Crippen LogP contribution in [0.5, 0.6) is 0 Å². The van der Waals surface area contributed by atoms with Gasteiger partial charge in [-0.25, -0.2) is 4.79 Å². The number of benzene rings is 2. The Morgan fingerprint density at radius 1 is 1.13 bits per heavy atom. The van der Waals surface area contributed by atoms with Crippen molar-refractivity contribution in [1.29, 1.82) is 0 Å². The van der Waals surface area contributed by atoms with Crippen LogP contribution >= 0.6 is 0 Å². The van der Waals surface area contributed by atoms with E-state index < -0.39 is 0 Å². The second-order valence-electron chi connectivity index (χ2n) is 7.80. The minimum Gasteiger partial charge on any atom is -0.465 e. The van der Waals surface area contributed by atoms with Crippen molar-refractivity contribution in [3.8, 4) is 11.3 Å². The summed E-state index contributed by atoms with van der Waals surface area (Å²) in [5.41, 5.74) is 4.42. The van der Waals surface area contributed by atoms with Gasteiger partial charge in [0.2, 0.25) is 5.91 Å². The Bertz CT molecular complexity index is 1010. The lowest BCUT2D eigenvalue weighted by atomic mass is 9.96. The third-order valence-corrected chi connectivity index (χ3v) is 5.62. The van der Waals surface area contributed by atoms with Crippen molar-refractivity contribution in [2.24, 2.45) is 5.92 Å². The Morgan fingerprint density at radius 3 is 2.58 bits per heavy atom. The van der Waals surface area contributed by atoms with E-state index in [9.17, 15) is 9.59 Å². The molecule has 1 unspecified atom stereocenters. The molecule has 1 saturated heterocycles. The van der Waals surface area contributed by atoms with Crippen LogP contribution in [0.2, 0.25) is 0 Å². The van der Waals surface area contributed by atoms with Crippen LogP contribution in [-0.2, 0) is 16.1 Å². The highest BCUT2D eigenvalue weighted by Gasteiger charge is 2.26. The van der Waals surface area contributed by atoms with E-state index in [1.165, 1.54) is 7.11 Å². The molecule has 7 nitrogen and oxygen atoms in total. The fourth-order valence-corrected chi connectivity index (χ4v) is 3.93. The molecular weight excluding hydrogens is 392 g/mol. The Hall–Kier alpha value is -3.45. The number of piperidine rings is 1. The number of esters is 1. The molecule has 0 radical (unpaired) electrons. The second kappa shape index (κ2) is 9.57. The van der Waals surface area contributed by atoms with Crippen LogP contribution in [0.15, 0.2) is 60.8 Å². The fraction of sp³-hybridized carbons (Fsp3) is 0.292. The number of carbonyl (C=O) groups excluding carboxylic acids is 2. The van der Waals surface area contributed by atoms with Gasteiger partial charge in [-0.1, -0.05) is 24.3 Å². The molecular formula is C24H26N4O3. The minimum absolute atomic E-state index is 0.0459. The van der Waals surface area contributed by atoms with Crippen molar-refractivity contribution >= 4 is 17.6 Å². The van der Waals surface area contributed by atoms with Gasteiger partial charge >= 0.3 is 5.97 Å². The summed E-state index contributed by atoms with van der Waals surface area (Å²) in [4.78, 5) is 26.7. The Balaban J connectivity index is 1.32. The predicted octanol–water partition coefficient (Wildman–Crippen LogP) is 3.71. The van der Waals surface area contributed by atoms with Gasteiger partial charge < -0.3 is 10.1 Å². The van der Waals surface area contributed by atoms with Crippen molar-refractivity contribution in [1.82, 2.24) is 15.1 Å². The van der Waals surface area contributed by atoms with E-state index >= 15 is 0 Å². The average Bonchev–Trinajstić information content (AvgIpc) is 3.35. The molecule has 0 spiro atoms. The van der Waals surface area contributed by atoms with E-state index in [4.69, 9.17) is 4.74 Å². The summed E-state index contributed by atoms with van der Waals surface area (Å²) in [5, 5.41) is 9.95. The zero-order valence-corrected chi connectivity index (χ0v) is 17.5. The maximum atomic E-state index is 12.8. The number of nitrogens with zero attached hydrogens (tertiary/aromatic N) is 2. The van der Waals surface area contributed by atoms with E-state index in [2.05, 4.69) is 20.4 Å². The normalized spacial score (nSPS) is 16.6. The zero-order chi connectivity index (χ0) is 21.6. The summed E-state index contributed by atoms with van der Waals surface area (Å²) >= 11 is 0. The van der Waals surface area contributed by atoms with Gasteiger partial charge in [0, 0.05) is 25.0 Å². The number of aromatic amines is 1. The molecule has 3 aromatic rings. The Kier molecular flexibility index (Phi) is 6.43. The van der Waals surface area contributed by atoms with Gasteiger partial charge in [-0.15, -0.1) is 0 Å². The van der Waals surface area contributed by atoms with Gasteiger partial charge in [0.25, 0.3) is 0 Å². The molecule has 4 rings (SSSR count). The first-order valence-corrected chi connectivity index (χ1v) is 10.4. The number of methoxy groups -OCH3 is 1. The number of amides is 1. The number of aromatic nitrogens is 2. The molecule has 2 N–H and O–H groups in total. The molecule has 1 fully saturated rings. The second-order valence-corrected chi connectivity index (χ2v) is 7.80. The number of nitrogens with one attached hydrogen (secondary N) is 2. The third-order valence-electron chi connectivity index (χ3n) is 5.62. The van der Waals surface area contributed by atoms with Gasteiger partial charge in [-0.3, -0.25) is 14.8 Å². The average molecular weight is 418 g/mol. The van der Waals surface area contributed by atoms with Crippen LogP contribution < -0.4 is 5.32 Å². The standard InChI is InChI=1S/C24H26N4O3/c1-31-24(30)19-6-4-17(5-7-19)15-28-14-2-3-20(16-28)23(29)26-21-10-8-18(9-11-21)22-12-13-25-27-22/h4-13,20H,2-3,14-16H2,1H3,(H,25,27)(H,26,29). The number of hydrogen-bond donors (Lipinski definition) is 2. The quantitative estimate of drug-likeness (QED) is 0.596. The van der Waals surface area contributed by atoms with E-state index in [0.717, 1.165) is 55.0 Å². The molecule has 31 heavy (non-hydrogen) atoms. The molecule has 1 aliphatic rings. The van der Waals surface area contributed by atoms with Crippen LogP contribution in [0.4, 0.5) is 5.69 Å². The summed E-state index contributed by atoms with van der Waals surface area (Å²) in [6.07, 6.45) is 3.58. The lowest BCUT2D eigenvalue weighted by Crippen LogP contribution is -2.40. The SMILES string of the molecule is COC(=O)c1ccc(CN2CCCC(C(=O)Nc3ccc(-c4ccn[nH]4)cc3)C2)cc1. The van der Waals surface area contributed by atoms with E-state index in [0.29, 0.717) is 5.56 Å². The topological polar surface area (TPSA) is 87.3 Å². The summed E-state index contributed by atoms with van der Waals surface area (Å²) < 4.78 is 4.74. The lowest BCUT2D eigenvalue weighted by molar-refractivity contribution is -0.121. The number of H-pyrrole nitrogens is 1. The van der Waals surface area contributed by atoms with Gasteiger partial charge in [-0.05, 0) is 60.8 Å². The lowest BCUT2D eigenvalue weighted by Gasteiger charge is -2.32. The smallest absolute Gasteiger partial charge is 0.337 e. The molecule has 2 heterocycles. The number of rotatable bonds is 6. The van der Waals surface area contributed by atoms with Crippen molar-refractivity contribution in [2.45, 2.75) is 19.4 Å². The third kappa shape index (κ3) is 5.19. The van der Waals surface area contributed by atoms with Gasteiger partial charge in [0.1, 0.15) is 0 Å². The highest BCUT2D eigenvalue weighted by atomic mass is 16.5. The molecule has 160 valence electrons. The number of hydrogen-bond acceptors (Lipinski definition) is 5. The number of likely N-dealkylation sites (tertiary alicyclic amines) is 1. The Morgan fingerprint density at radius 2 is 1.90 bits per heavy atom. The molecule has 1 aromatic heterocycles. The first-order valence-electron chi connectivity index (χ1n) is 10.4. The molecule has 1 atom stereocenters. The van der Waals surface area contributed by atoms with Crippen molar-refractivity contribution in [3.63, 3.8) is 0 Å². The van der Waals surface area contributed by atoms with Crippen molar-refractivity contribution in [2.75, 3.05) is 25.5 Å². The molecule has 1 aliphatic heterocycles. The maximum Gasteiger partial charge on any atom is 0.337 e. The molecule has 0 bridgehead atoms. The number of carbonyl (C=O) groups is 2. The van der Waals surface area contributed by atoms with Crippen LogP contribution in [0, 0.1) is 5.92 Å². The Labute approximate surface area is 181 Å². The number of anilines is 1. The molecule has 0 aliphatic carbocycles. The first-order chi connectivity index (χ1) is 15.1. The maximum absolute atomic E-state index is 12.8. The van der Waals surface area contributed by atoms with Gasteiger partial charge in [-0.2, -0.15) is 5.10 Å². The van der Waals surface area contributed by atoms with Crippen molar-refractivity contribution in [3.05, 3.63) is 71.9 Å². The molecule has 0 saturated carbocycles. The minimum atomic E-state index is -0.334. The highest BCUT2D eigenvalue weighted by Crippen LogP contribution is 2.23. The van der Waals surface area contributed by atoms with E-state index in [-0.39, 0.29) is 17.8 Å². The molecule has 2 aromatic carbocycles. The van der Waals surface area contributed by atoms with Crippen LogP contribution in [0.3, 0.4) is 0 Å². The monoisotopic (exact) mass is 418 g/mol. The van der Waals surface area contributed by atoms with Gasteiger partial charge in [0.15, 0.2) is 0 Å². The highest BCUT2D eigenvalue weighted by molar-refractivity contribution is 5.93. The fourth-order valence-electron chi connectivity index (χ4n) is 3.93. The van der Waals surface area contributed by atoms with Crippen LogP contribution in [-0.4, -0.2) is 47.2 Å². The summed E-state index contributed by atoms with van der Waals surface area (Å²) in [7, 11) is 1.38.